The third-order valence-electron chi connectivity index (χ3n) is 4.57. The first kappa shape index (κ1) is 21.5. The van der Waals surface area contributed by atoms with Crippen molar-refractivity contribution in [2.24, 2.45) is 0 Å². The van der Waals surface area contributed by atoms with Crippen molar-refractivity contribution in [3.05, 3.63) is 87.0 Å². The second kappa shape index (κ2) is 9.54. The highest BCUT2D eigenvalue weighted by atomic mass is 79.9. The lowest BCUT2D eigenvalue weighted by Gasteiger charge is -2.28. The first-order valence-corrected chi connectivity index (χ1v) is 10.2. The summed E-state index contributed by atoms with van der Waals surface area (Å²) in [6.07, 6.45) is 3.23. The van der Waals surface area contributed by atoms with Crippen LogP contribution in [0.1, 0.15) is 41.4 Å². The Hall–Kier alpha value is -3.19. The van der Waals surface area contributed by atoms with E-state index in [-0.39, 0.29) is 18.4 Å². The van der Waals surface area contributed by atoms with E-state index in [1.165, 1.54) is 6.08 Å². The minimum atomic E-state index is -0.612. The summed E-state index contributed by atoms with van der Waals surface area (Å²) >= 11 is 3.36. The molecule has 0 bridgehead atoms. The molecular formula is C23H21BrN2O4. The zero-order chi connectivity index (χ0) is 21.7. The van der Waals surface area contributed by atoms with E-state index in [4.69, 9.17) is 4.74 Å². The molecule has 0 aliphatic carbocycles. The number of ether oxygens (including phenoxy) is 1. The normalized spacial score (nSPS) is 16.2. The highest BCUT2D eigenvalue weighted by Gasteiger charge is 2.31. The Morgan fingerprint density at radius 3 is 2.57 bits per heavy atom. The summed E-state index contributed by atoms with van der Waals surface area (Å²) in [5, 5.41) is 5.37. The first-order chi connectivity index (χ1) is 14.4. The second-order valence-corrected chi connectivity index (χ2v) is 7.58. The summed E-state index contributed by atoms with van der Waals surface area (Å²) in [5.41, 5.74) is 2.98. The van der Waals surface area contributed by atoms with Crippen LogP contribution in [-0.2, 0) is 9.53 Å². The van der Waals surface area contributed by atoms with Crippen molar-refractivity contribution in [3.63, 3.8) is 0 Å². The van der Waals surface area contributed by atoms with Crippen molar-refractivity contribution in [1.29, 1.82) is 0 Å². The van der Waals surface area contributed by atoms with Gasteiger partial charge in [-0.3, -0.25) is 4.79 Å². The Morgan fingerprint density at radius 1 is 1.17 bits per heavy atom. The Morgan fingerprint density at radius 2 is 1.90 bits per heavy atom. The number of hydrogen-bond donors (Lipinski definition) is 2. The molecule has 154 valence electrons. The molecule has 2 N–H and O–H groups in total. The minimum absolute atomic E-state index is 0.103. The predicted octanol–water partition coefficient (Wildman–Crippen LogP) is 4.54. The van der Waals surface area contributed by atoms with E-state index < -0.39 is 12.0 Å². The van der Waals surface area contributed by atoms with Gasteiger partial charge in [0.25, 0.3) is 0 Å². The minimum Gasteiger partial charge on any atom is -0.463 e. The van der Waals surface area contributed by atoms with Gasteiger partial charge in [0.2, 0.25) is 0 Å². The number of carbonyl (C=O) groups is 3. The van der Waals surface area contributed by atoms with E-state index in [1.807, 2.05) is 36.4 Å². The Kier molecular flexibility index (Phi) is 6.84. The number of amides is 2. The summed E-state index contributed by atoms with van der Waals surface area (Å²) in [7, 11) is 0. The second-order valence-electron chi connectivity index (χ2n) is 6.67. The molecule has 0 saturated heterocycles. The van der Waals surface area contributed by atoms with Gasteiger partial charge in [0, 0.05) is 15.7 Å². The van der Waals surface area contributed by atoms with Crippen LogP contribution in [-0.4, -0.2) is 24.4 Å². The molecule has 1 aliphatic heterocycles. The molecule has 3 rings (SSSR count). The maximum atomic E-state index is 12.4. The Bertz CT molecular complexity index is 1040. The first-order valence-electron chi connectivity index (χ1n) is 9.42. The van der Waals surface area contributed by atoms with Crippen molar-refractivity contribution >= 4 is 39.8 Å². The van der Waals surface area contributed by atoms with E-state index in [0.29, 0.717) is 16.8 Å². The largest absolute Gasteiger partial charge is 0.463 e. The molecule has 6 nitrogen and oxygen atoms in total. The third-order valence-corrected chi connectivity index (χ3v) is 5.06. The van der Waals surface area contributed by atoms with E-state index in [9.17, 15) is 14.4 Å². The molecule has 0 aromatic heterocycles. The number of hydrogen-bond acceptors (Lipinski definition) is 4. The molecule has 1 unspecified atom stereocenters. The molecule has 0 saturated carbocycles. The van der Waals surface area contributed by atoms with Crippen LogP contribution >= 0.6 is 15.9 Å². The Balaban J connectivity index is 1.80. The zero-order valence-electron chi connectivity index (χ0n) is 16.6. The van der Waals surface area contributed by atoms with E-state index in [1.54, 1.807) is 32.1 Å². The van der Waals surface area contributed by atoms with E-state index in [0.717, 1.165) is 15.6 Å². The molecule has 0 spiro atoms. The quantitative estimate of drug-likeness (QED) is 0.370. The van der Waals surface area contributed by atoms with Crippen LogP contribution in [0.15, 0.2) is 70.3 Å². The van der Waals surface area contributed by atoms with Crippen molar-refractivity contribution in [2.75, 3.05) is 6.61 Å². The summed E-state index contributed by atoms with van der Waals surface area (Å²) in [6.45, 7) is 3.64. The molecule has 2 amide bonds. The number of carbonyl (C=O) groups excluding carboxylic acids is 3. The van der Waals surface area contributed by atoms with Gasteiger partial charge in [-0.25, -0.2) is 9.59 Å². The van der Waals surface area contributed by atoms with Gasteiger partial charge in [0.05, 0.1) is 18.2 Å². The highest BCUT2D eigenvalue weighted by molar-refractivity contribution is 9.10. The fraction of sp³-hybridized carbons (Fsp3) is 0.174. The standard InChI is InChI=1S/C23H21BrN2O4/c1-3-30-22(28)20-14(2)25-23(29)26-21(20)16-10-7-15(8-11-16)9-12-19(27)17-5-4-6-18(24)13-17/h4-13,21H,3H2,1-2H3,(H2,25,26,29)/b12-9+. The maximum Gasteiger partial charge on any atom is 0.338 e. The summed E-state index contributed by atoms with van der Waals surface area (Å²) in [5.74, 6) is -0.578. The number of nitrogens with one attached hydrogen (secondary N) is 2. The number of rotatable bonds is 6. The number of urea groups is 1. The van der Waals surface area contributed by atoms with Gasteiger partial charge < -0.3 is 15.4 Å². The van der Waals surface area contributed by atoms with Crippen LogP contribution in [0.3, 0.4) is 0 Å². The van der Waals surface area contributed by atoms with Crippen LogP contribution in [0, 0.1) is 0 Å². The lowest BCUT2D eigenvalue weighted by Crippen LogP contribution is -2.45. The van der Waals surface area contributed by atoms with E-state index >= 15 is 0 Å². The van der Waals surface area contributed by atoms with Gasteiger partial charge >= 0.3 is 12.0 Å². The molecule has 2 aromatic rings. The monoisotopic (exact) mass is 468 g/mol. The van der Waals surface area contributed by atoms with Crippen molar-refractivity contribution in [3.8, 4) is 0 Å². The number of halogens is 1. The summed E-state index contributed by atoms with van der Waals surface area (Å²) in [6, 6.07) is 13.5. The van der Waals surface area contributed by atoms with E-state index in [2.05, 4.69) is 26.6 Å². The maximum absolute atomic E-state index is 12.4. The predicted molar refractivity (Wildman–Crippen MR) is 118 cm³/mol. The molecule has 30 heavy (non-hydrogen) atoms. The average Bonchev–Trinajstić information content (AvgIpc) is 2.72. The van der Waals surface area contributed by atoms with Gasteiger partial charge in [-0.2, -0.15) is 0 Å². The number of ketones is 1. The topological polar surface area (TPSA) is 84.5 Å². The fourth-order valence-electron chi connectivity index (χ4n) is 3.13. The molecule has 2 aromatic carbocycles. The highest BCUT2D eigenvalue weighted by Crippen LogP contribution is 2.28. The SMILES string of the molecule is CCOC(=O)C1=C(C)NC(=O)NC1c1ccc(/C=C/C(=O)c2cccc(Br)c2)cc1. The lowest BCUT2D eigenvalue weighted by molar-refractivity contribution is -0.139. The average molecular weight is 469 g/mol. The van der Waals surface area contributed by atoms with Crippen LogP contribution in [0.4, 0.5) is 4.79 Å². The van der Waals surface area contributed by atoms with Gasteiger partial charge in [-0.05, 0) is 43.2 Å². The summed E-state index contributed by atoms with van der Waals surface area (Å²) < 4.78 is 5.98. The Labute approximate surface area is 183 Å². The zero-order valence-corrected chi connectivity index (χ0v) is 18.2. The molecule has 7 heteroatoms. The smallest absolute Gasteiger partial charge is 0.338 e. The molecule has 1 heterocycles. The van der Waals surface area contributed by atoms with Crippen LogP contribution < -0.4 is 10.6 Å². The molecule has 1 aliphatic rings. The molecular weight excluding hydrogens is 448 g/mol. The van der Waals surface area contributed by atoms with Gasteiger partial charge in [0.15, 0.2) is 5.78 Å². The third kappa shape index (κ3) is 5.04. The summed E-state index contributed by atoms with van der Waals surface area (Å²) in [4.78, 5) is 36.6. The lowest BCUT2D eigenvalue weighted by atomic mass is 9.94. The van der Waals surface area contributed by atoms with Gasteiger partial charge in [0.1, 0.15) is 0 Å². The fourth-order valence-corrected chi connectivity index (χ4v) is 3.53. The molecule has 0 radical (unpaired) electrons. The number of esters is 1. The molecule has 1 atom stereocenters. The van der Waals surface area contributed by atoms with Gasteiger partial charge in [-0.1, -0.05) is 58.4 Å². The van der Waals surface area contributed by atoms with Crippen molar-refractivity contribution in [2.45, 2.75) is 19.9 Å². The number of allylic oxidation sites excluding steroid dienone is 2. The van der Waals surface area contributed by atoms with Crippen molar-refractivity contribution in [1.82, 2.24) is 10.6 Å². The van der Waals surface area contributed by atoms with Crippen LogP contribution in [0.2, 0.25) is 0 Å². The molecule has 0 fully saturated rings. The van der Waals surface area contributed by atoms with Crippen LogP contribution in [0.25, 0.3) is 6.08 Å². The van der Waals surface area contributed by atoms with Crippen molar-refractivity contribution < 1.29 is 19.1 Å². The van der Waals surface area contributed by atoms with Crippen LogP contribution in [0.5, 0.6) is 0 Å². The van der Waals surface area contributed by atoms with Gasteiger partial charge in [-0.15, -0.1) is 0 Å². The number of benzene rings is 2.